The standard InChI is InChI=1S/C19H34N4O3/c1-4-26-18(25)16-9-7-12-22(14-16)19(20-3)21-11-10-17(24)23-13-6-5-8-15(23)2/h15-16H,4-14H2,1-3H3,(H,20,21). The summed E-state index contributed by atoms with van der Waals surface area (Å²) in [7, 11) is 1.74. The van der Waals surface area contributed by atoms with Crippen LogP contribution in [0.2, 0.25) is 0 Å². The lowest BCUT2D eigenvalue weighted by Crippen LogP contribution is -2.49. The Morgan fingerprint density at radius 3 is 2.69 bits per heavy atom. The molecule has 2 heterocycles. The zero-order valence-corrected chi connectivity index (χ0v) is 16.5. The van der Waals surface area contributed by atoms with E-state index < -0.39 is 0 Å². The summed E-state index contributed by atoms with van der Waals surface area (Å²) in [6.07, 6.45) is 5.69. The van der Waals surface area contributed by atoms with Gasteiger partial charge in [-0.1, -0.05) is 0 Å². The van der Waals surface area contributed by atoms with Crippen molar-refractivity contribution in [2.24, 2.45) is 10.9 Å². The Balaban J connectivity index is 1.79. The van der Waals surface area contributed by atoms with Gasteiger partial charge in [-0.15, -0.1) is 0 Å². The highest BCUT2D eigenvalue weighted by atomic mass is 16.5. The second kappa shape index (κ2) is 10.4. The van der Waals surface area contributed by atoms with Gasteiger partial charge in [0.1, 0.15) is 0 Å². The number of rotatable bonds is 5. The number of esters is 1. The fraction of sp³-hybridized carbons (Fsp3) is 0.842. The summed E-state index contributed by atoms with van der Waals surface area (Å²) in [5.41, 5.74) is 0. The lowest BCUT2D eigenvalue weighted by molar-refractivity contribution is -0.149. The van der Waals surface area contributed by atoms with Gasteiger partial charge in [-0.25, -0.2) is 0 Å². The molecule has 148 valence electrons. The van der Waals surface area contributed by atoms with Gasteiger partial charge in [-0.2, -0.15) is 0 Å². The third-order valence-electron chi connectivity index (χ3n) is 5.30. The third kappa shape index (κ3) is 5.61. The van der Waals surface area contributed by atoms with Crippen LogP contribution >= 0.6 is 0 Å². The van der Waals surface area contributed by atoms with E-state index in [-0.39, 0.29) is 17.8 Å². The van der Waals surface area contributed by atoms with E-state index in [9.17, 15) is 9.59 Å². The molecule has 1 amide bonds. The number of carbonyl (C=O) groups excluding carboxylic acids is 2. The van der Waals surface area contributed by atoms with Crippen LogP contribution in [0.4, 0.5) is 0 Å². The van der Waals surface area contributed by atoms with Crippen molar-refractivity contribution in [3.63, 3.8) is 0 Å². The fourth-order valence-corrected chi connectivity index (χ4v) is 3.85. The molecule has 2 aliphatic heterocycles. The molecule has 0 saturated carbocycles. The number of hydrogen-bond donors (Lipinski definition) is 1. The van der Waals surface area contributed by atoms with E-state index >= 15 is 0 Å². The van der Waals surface area contributed by atoms with E-state index in [1.54, 1.807) is 7.05 Å². The Bertz CT molecular complexity index is 509. The van der Waals surface area contributed by atoms with Gasteiger partial charge in [-0.05, 0) is 46.0 Å². The zero-order valence-electron chi connectivity index (χ0n) is 16.5. The quantitative estimate of drug-likeness (QED) is 0.455. The lowest BCUT2D eigenvalue weighted by atomic mass is 9.98. The van der Waals surface area contributed by atoms with Gasteiger partial charge in [0.2, 0.25) is 5.91 Å². The van der Waals surface area contributed by atoms with Crippen molar-refractivity contribution in [1.82, 2.24) is 15.1 Å². The van der Waals surface area contributed by atoms with Crippen LogP contribution in [0.25, 0.3) is 0 Å². The van der Waals surface area contributed by atoms with E-state index in [2.05, 4.69) is 22.1 Å². The predicted molar refractivity (Wildman–Crippen MR) is 102 cm³/mol. The molecule has 0 aromatic heterocycles. The minimum atomic E-state index is -0.123. The first-order valence-corrected chi connectivity index (χ1v) is 9.98. The maximum Gasteiger partial charge on any atom is 0.310 e. The van der Waals surface area contributed by atoms with Crippen LogP contribution in [0.5, 0.6) is 0 Å². The number of aliphatic imine (C=N–C) groups is 1. The lowest BCUT2D eigenvalue weighted by Gasteiger charge is -2.35. The van der Waals surface area contributed by atoms with Crippen LogP contribution in [-0.4, -0.2) is 73.5 Å². The van der Waals surface area contributed by atoms with Crippen LogP contribution < -0.4 is 5.32 Å². The average molecular weight is 367 g/mol. The number of likely N-dealkylation sites (tertiary alicyclic amines) is 2. The molecule has 0 aromatic carbocycles. The van der Waals surface area contributed by atoms with Gasteiger partial charge in [0, 0.05) is 45.7 Å². The Morgan fingerprint density at radius 2 is 2.00 bits per heavy atom. The molecule has 2 saturated heterocycles. The van der Waals surface area contributed by atoms with Crippen LogP contribution in [0, 0.1) is 5.92 Å². The van der Waals surface area contributed by atoms with Crippen LogP contribution in [0.1, 0.15) is 52.4 Å². The maximum absolute atomic E-state index is 12.4. The van der Waals surface area contributed by atoms with E-state index in [1.807, 2.05) is 11.8 Å². The van der Waals surface area contributed by atoms with Crippen molar-refractivity contribution in [3.05, 3.63) is 0 Å². The second-order valence-corrected chi connectivity index (χ2v) is 7.19. The molecule has 0 aromatic rings. The van der Waals surface area contributed by atoms with Gasteiger partial charge in [-0.3, -0.25) is 14.6 Å². The fourth-order valence-electron chi connectivity index (χ4n) is 3.85. The molecular formula is C19H34N4O3. The first-order chi connectivity index (χ1) is 12.6. The number of amides is 1. The van der Waals surface area contributed by atoms with Crippen LogP contribution in [-0.2, 0) is 14.3 Å². The predicted octanol–water partition coefficient (Wildman–Crippen LogP) is 1.63. The van der Waals surface area contributed by atoms with E-state index in [4.69, 9.17) is 4.74 Å². The Hall–Kier alpha value is -1.79. The molecule has 2 aliphatic rings. The molecule has 0 radical (unpaired) electrons. The van der Waals surface area contributed by atoms with Crippen molar-refractivity contribution in [2.45, 2.75) is 58.4 Å². The number of carbonyl (C=O) groups is 2. The molecule has 0 spiro atoms. The highest BCUT2D eigenvalue weighted by Gasteiger charge is 2.28. The highest BCUT2D eigenvalue weighted by molar-refractivity contribution is 5.82. The minimum absolute atomic E-state index is 0.0990. The zero-order chi connectivity index (χ0) is 18.9. The van der Waals surface area contributed by atoms with Gasteiger partial charge >= 0.3 is 5.97 Å². The van der Waals surface area contributed by atoms with Gasteiger partial charge in [0.15, 0.2) is 5.96 Å². The largest absolute Gasteiger partial charge is 0.466 e. The molecular weight excluding hydrogens is 332 g/mol. The summed E-state index contributed by atoms with van der Waals surface area (Å²) in [5.74, 6) is 0.752. The highest BCUT2D eigenvalue weighted by Crippen LogP contribution is 2.19. The van der Waals surface area contributed by atoms with Crippen LogP contribution in [0.3, 0.4) is 0 Å². The van der Waals surface area contributed by atoms with Gasteiger partial charge in [0.05, 0.1) is 12.5 Å². The summed E-state index contributed by atoms with van der Waals surface area (Å²) < 4.78 is 5.16. The Labute approximate surface area is 157 Å². The second-order valence-electron chi connectivity index (χ2n) is 7.19. The topological polar surface area (TPSA) is 74.2 Å². The number of nitrogens with zero attached hydrogens (tertiary/aromatic N) is 3. The maximum atomic E-state index is 12.4. The molecule has 2 atom stereocenters. The monoisotopic (exact) mass is 366 g/mol. The molecule has 2 fully saturated rings. The molecule has 7 nitrogen and oxygen atoms in total. The minimum Gasteiger partial charge on any atom is -0.466 e. The number of ether oxygens (including phenoxy) is 1. The van der Waals surface area contributed by atoms with Gasteiger partial charge in [0.25, 0.3) is 0 Å². The molecule has 1 N–H and O–H groups in total. The van der Waals surface area contributed by atoms with Crippen molar-refractivity contribution >= 4 is 17.8 Å². The van der Waals surface area contributed by atoms with Crippen molar-refractivity contribution in [2.75, 3.05) is 39.8 Å². The summed E-state index contributed by atoms with van der Waals surface area (Å²) in [4.78, 5) is 32.9. The first-order valence-electron chi connectivity index (χ1n) is 9.98. The van der Waals surface area contributed by atoms with Crippen molar-refractivity contribution in [1.29, 1.82) is 0 Å². The SMILES string of the molecule is CCOC(=O)C1CCCN(C(=NC)NCCC(=O)N2CCCCC2C)C1. The summed E-state index contributed by atoms with van der Waals surface area (Å²) in [6.45, 7) is 7.31. The Morgan fingerprint density at radius 1 is 1.19 bits per heavy atom. The number of nitrogens with one attached hydrogen (secondary N) is 1. The molecule has 26 heavy (non-hydrogen) atoms. The summed E-state index contributed by atoms with van der Waals surface area (Å²) in [6, 6.07) is 0.350. The normalized spacial score (nSPS) is 24.3. The number of piperidine rings is 2. The van der Waals surface area contributed by atoms with Crippen molar-refractivity contribution < 1.29 is 14.3 Å². The molecule has 0 bridgehead atoms. The average Bonchev–Trinajstić information content (AvgIpc) is 2.65. The number of hydrogen-bond acceptors (Lipinski definition) is 4. The smallest absolute Gasteiger partial charge is 0.310 e. The van der Waals surface area contributed by atoms with Crippen LogP contribution in [0.15, 0.2) is 4.99 Å². The summed E-state index contributed by atoms with van der Waals surface area (Å²) in [5, 5.41) is 3.29. The molecule has 7 heteroatoms. The first kappa shape index (κ1) is 20.5. The molecule has 2 rings (SSSR count). The summed E-state index contributed by atoms with van der Waals surface area (Å²) >= 11 is 0. The molecule has 2 unspecified atom stereocenters. The number of guanidine groups is 1. The molecule has 0 aliphatic carbocycles. The van der Waals surface area contributed by atoms with E-state index in [0.717, 1.165) is 44.7 Å². The van der Waals surface area contributed by atoms with E-state index in [1.165, 1.54) is 6.42 Å². The third-order valence-corrected chi connectivity index (χ3v) is 5.30. The van der Waals surface area contributed by atoms with E-state index in [0.29, 0.717) is 32.2 Å². The van der Waals surface area contributed by atoms with Crippen molar-refractivity contribution in [3.8, 4) is 0 Å². The Kier molecular flexibility index (Phi) is 8.19. The van der Waals surface area contributed by atoms with Gasteiger partial charge < -0.3 is 19.9 Å².